The van der Waals surface area contributed by atoms with E-state index in [1.165, 1.54) is 22.6 Å². The fraction of sp³-hybridized carbons (Fsp3) is 0.346. The molecule has 0 spiro atoms. The monoisotopic (exact) mass is 546 g/mol. The van der Waals surface area contributed by atoms with Gasteiger partial charge in [0.05, 0.1) is 40.6 Å². The van der Waals surface area contributed by atoms with Crippen molar-refractivity contribution in [2.75, 3.05) is 37.7 Å². The highest BCUT2D eigenvalue weighted by Crippen LogP contribution is 2.30. The van der Waals surface area contributed by atoms with Gasteiger partial charge >= 0.3 is 5.97 Å². The Morgan fingerprint density at radius 2 is 1.71 bits per heavy atom. The highest BCUT2D eigenvalue weighted by Gasteiger charge is 2.31. The van der Waals surface area contributed by atoms with Crippen LogP contribution in [0.25, 0.3) is 16.8 Å². The lowest BCUT2D eigenvalue weighted by atomic mass is 10.0. The van der Waals surface area contributed by atoms with Crippen molar-refractivity contribution in [1.82, 2.24) is 14.1 Å². The van der Waals surface area contributed by atoms with Crippen molar-refractivity contribution in [2.24, 2.45) is 0 Å². The average Bonchev–Trinajstić information content (AvgIpc) is 2.88. The molecule has 1 aromatic heterocycles. The second-order valence-electron chi connectivity index (χ2n) is 9.03. The lowest BCUT2D eigenvalue weighted by molar-refractivity contribution is 0.0526. The number of ether oxygens (including phenoxy) is 1. The smallest absolute Gasteiger partial charge is 0.338 e. The van der Waals surface area contributed by atoms with Crippen LogP contribution in [0.4, 0.5) is 14.5 Å². The van der Waals surface area contributed by atoms with Gasteiger partial charge in [-0.15, -0.1) is 0 Å². The molecule has 1 saturated heterocycles. The number of sulfonamides is 1. The van der Waals surface area contributed by atoms with Crippen molar-refractivity contribution >= 4 is 21.7 Å². The zero-order valence-electron chi connectivity index (χ0n) is 21.2. The van der Waals surface area contributed by atoms with Gasteiger partial charge in [0.15, 0.2) is 0 Å². The first-order chi connectivity index (χ1) is 18.0. The number of hydrogen-bond donors (Lipinski definition) is 0. The second-order valence-corrected chi connectivity index (χ2v) is 11.5. The van der Waals surface area contributed by atoms with E-state index in [2.05, 4.69) is 5.10 Å². The molecule has 0 bridgehead atoms. The lowest BCUT2D eigenvalue weighted by Gasteiger charge is -2.36. The fourth-order valence-electron chi connectivity index (χ4n) is 4.30. The molecule has 0 amide bonds. The van der Waals surface area contributed by atoms with E-state index in [0.29, 0.717) is 11.8 Å². The lowest BCUT2D eigenvalue weighted by Crippen LogP contribution is -2.50. The van der Waals surface area contributed by atoms with Gasteiger partial charge in [-0.05, 0) is 56.7 Å². The Morgan fingerprint density at radius 3 is 2.32 bits per heavy atom. The van der Waals surface area contributed by atoms with Gasteiger partial charge in [0.25, 0.3) is 5.56 Å². The molecule has 2 heterocycles. The highest BCUT2D eigenvalue weighted by molar-refractivity contribution is 7.89. The number of piperazine rings is 1. The summed E-state index contributed by atoms with van der Waals surface area (Å²) in [5.74, 6) is -2.28. The topological polar surface area (TPSA) is 102 Å². The van der Waals surface area contributed by atoms with Gasteiger partial charge < -0.3 is 9.64 Å². The van der Waals surface area contributed by atoms with E-state index < -0.39 is 38.4 Å². The van der Waals surface area contributed by atoms with Crippen LogP contribution in [0, 0.1) is 11.6 Å². The van der Waals surface area contributed by atoms with Crippen LogP contribution < -0.4 is 10.5 Å². The predicted molar refractivity (Wildman–Crippen MR) is 139 cm³/mol. The molecule has 0 saturated carbocycles. The quantitative estimate of drug-likeness (QED) is 0.420. The average molecular weight is 547 g/mol. The van der Waals surface area contributed by atoms with Gasteiger partial charge in [-0.2, -0.15) is 14.1 Å². The summed E-state index contributed by atoms with van der Waals surface area (Å²) in [6.45, 7) is 5.94. The van der Waals surface area contributed by atoms with E-state index in [4.69, 9.17) is 4.74 Å². The van der Waals surface area contributed by atoms with Crippen molar-refractivity contribution in [3.05, 3.63) is 76.2 Å². The number of aromatic nitrogens is 2. The third kappa shape index (κ3) is 5.46. The highest BCUT2D eigenvalue weighted by atomic mass is 32.2. The van der Waals surface area contributed by atoms with Crippen LogP contribution in [0.3, 0.4) is 0 Å². The van der Waals surface area contributed by atoms with Gasteiger partial charge in [0.2, 0.25) is 10.0 Å². The van der Waals surface area contributed by atoms with Crippen molar-refractivity contribution < 1.29 is 26.7 Å². The van der Waals surface area contributed by atoms with E-state index in [1.807, 2.05) is 0 Å². The van der Waals surface area contributed by atoms with E-state index in [1.54, 1.807) is 37.8 Å². The van der Waals surface area contributed by atoms with Crippen LogP contribution >= 0.6 is 0 Å². The zero-order chi connectivity index (χ0) is 27.6. The number of carbonyl (C=O) groups is 1. The number of hydrogen-bond acceptors (Lipinski definition) is 7. The van der Waals surface area contributed by atoms with Gasteiger partial charge in [-0.3, -0.25) is 4.79 Å². The summed E-state index contributed by atoms with van der Waals surface area (Å²) in [7, 11) is -3.46. The molecule has 0 atom stereocenters. The summed E-state index contributed by atoms with van der Waals surface area (Å²) < 4.78 is 61.1. The minimum atomic E-state index is -3.46. The number of rotatable bonds is 7. The molecule has 0 aliphatic carbocycles. The van der Waals surface area contributed by atoms with E-state index >= 15 is 0 Å². The molecule has 12 heteroatoms. The first kappa shape index (κ1) is 27.4. The molecule has 1 aliphatic heterocycles. The van der Waals surface area contributed by atoms with Gasteiger partial charge in [-0.25, -0.2) is 22.0 Å². The van der Waals surface area contributed by atoms with E-state index in [-0.39, 0.29) is 55.2 Å². The van der Waals surface area contributed by atoms with Crippen LogP contribution in [-0.2, 0) is 14.8 Å². The van der Waals surface area contributed by atoms with Crippen LogP contribution in [0.1, 0.15) is 31.1 Å². The number of nitrogens with zero attached hydrogens (tertiary/aromatic N) is 4. The predicted octanol–water partition coefficient (Wildman–Crippen LogP) is 3.21. The Bertz CT molecular complexity index is 1500. The zero-order valence-corrected chi connectivity index (χ0v) is 22.0. The van der Waals surface area contributed by atoms with Crippen molar-refractivity contribution in [1.29, 1.82) is 0 Å². The maximum Gasteiger partial charge on any atom is 0.338 e. The molecule has 0 unspecified atom stereocenters. The number of esters is 1. The van der Waals surface area contributed by atoms with Crippen LogP contribution in [0.5, 0.6) is 0 Å². The molecule has 202 valence electrons. The SMILES string of the molecule is CCOC(=O)c1cccc(-n2ncc(N3CCN(S(=O)(=O)C(C)C)CC3)c(-c3cc(F)cc(F)c3)c2=O)c1. The van der Waals surface area contributed by atoms with Gasteiger partial charge in [0, 0.05) is 32.2 Å². The van der Waals surface area contributed by atoms with Crippen molar-refractivity contribution in [3.8, 4) is 16.8 Å². The Hall–Kier alpha value is -3.64. The maximum absolute atomic E-state index is 14.2. The summed E-state index contributed by atoms with van der Waals surface area (Å²) in [5.41, 5.74) is 0.142. The van der Waals surface area contributed by atoms with Crippen molar-refractivity contribution in [2.45, 2.75) is 26.0 Å². The van der Waals surface area contributed by atoms with E-state index in [9.17, 15) is 26.8 Å². The Kier molecular flexibility index (Phi) is 7.93. The molecule has 1 aliphatic rings. The largest absolute Gasteiger partial charge is 0.462 e. The number of carbonyl (C=O) groups excluding carboxylic acids is 1. The first-order valence-electron chi connectivity index (χ1n) is 12.1. The standard InChI is InChI=1S/C26H28F2N4O5S/c1-4-37-26(34)18-6-5-7-22(14-18)32-25(33)24(19-12-20(27)15-21(28)13-19)23(16-29-32)30-8-10-31(11-9-30)38(35,36)17(2)3/h5-7,12-17H,4,8-11H2,1-3H3. The molecule has 0 N–H and O–H groups in total. The summed E-state index contributed by atoms with van der Waals surface area (Å²) in [5, 5.41) is 3.71. The Morgan fingerprint density at radius 1 is 1.05 bits per heavy atom. The van der Waals surface area contributed by atoms with Gasteiger partial charge in [0.1, 0.15) is 11.6 Å². The second kappa shape index (κ2) is 11.0. The summed E-state index contributed by atoms with van der Waals surface area (Å²) in [6.07, 6.45) is 1.41. The summed E-state index contributed by atoms with van der Waals surface area (Å²) in [6, 6.07) is 8.94. The third-order valence-corrected chi connectivity index (χ3v) is 8.52. The van der Waals surface area contributed by atoms with Crippen molar-refractivity contribution in [3.63, 3.8) is 0 Å². The molecular weight excluding hydrogens is 518 g/mol. The molecule has 4 rings (SSSR count). The number of anilines is 1. The minimum Gasteiger partial charge on any atom is -0.462 e. The summed E-state index contributed by atoms with van der Waals surface area (Å²) in [4.78, 5) is 27.8. The summed E-state index contributed by atoms with van der Waals surface area (Å²) >= 11 is 0. The maximum atomic E-state index is 14.2. The normalized spacial score (nSPS) is 14.6. The van der Waals surface area contributed by atoms with E-state index in [0.717, 1.165) is 16.8 Å². The number of benzene rings is 2. The molecular formula is C26H28F2N4O5S. The fourth-order valence-corrected chi connectivity index (χ4v) is 5.57. The third-order valence-electron chi connectivity index (χ3n) is 6.25. The Labute approximate surface area is 219 Å². The Balaban J connectivity index is 1.80. The van der Waals surface area contributed by atoms with Crippen LogP contribution in [-0.4, -0.2) is 66.5 Å². The molecule has 1 fully saturated rings. The van der Waals surface area contributed by atoms with Gasteiger partial charge in [-0.1, -0.05) is 6.07 Å². The molecule has 2 aromatic carbocycles. The first-order valence-corrected chi connectivity index (χ1v) is 13.6. The van der Waals surface area contributed by atoms with Crippen LogP contribution in [0.2, 0.25) is 0 Å². The van der Waals surface area contributed by atoms with Crippen LogP contribution in [0.15, 0.2) is 53.5 Å². The molecule has 38 heavy (non-hydrogen) atoms. The minimum absolute atomic E-state index is 0.0000968. The molecule has 3 aromatic rings. The number of halogens is 2. The molecule has 9 nitrogen and oxygen atoms in total. The molecule has 0 radical (unpaired) electrons.